The van der Waals surface area contributed by atoms with Gasteiger partial charge >= 0.3 is 0 Å². The summed E-state index contributed by atoms with van der Waals surface area (Å²) in [4.78, 5) is 2.35. The summed E-state index contributed by atoms with van der Waals surface area (Å²) >= 11 is 0. The SMILES string of the molecule is Cc1cc(C)n(CC(N)CN(CC(N)Cn2nc(C)cc2C)C(C)C)n1. The maximum absolute atomic E-state index is 6.42. The number of nitrogens with zero attached hydrogens (tertiary/aromatic N) is 5. The van der Waals surface area contributed by atoms with E-state index in [-0.39, 0.29) is 12.1 Å². The van der Waals surface area contributed by atoms with Gasteiger partial charge in [0.25, 0.3) is 0 Å². The number of aryl methyl sites for hydroxylation is 4. The van der Waals surface area contributed by atoms with E-state index in [9.17, 15) is 0 Å². The van der Waals surface area contributed by atoms with Gasteiger partial charge in [0.05, 0.1) is 24.5 Å². The molecule has 26 heavy (non-hydrogen) atoms. The lowest BCUT2D eigenvalue weighted by molar-refractivity contribution is 0.183. The molecule has 0 radical (unpaired) electrons. The van der Waals surface area contributed by atoms with Gasteiger partial charge < -0.3 is 11.5 Å². The molecule has 2 atom stereocenters. The van der Waals surface area contributed by atoms with E-state index < -0.39 is 0 Å². The Balaban J connectivity index is 1.92. The third kappa shape index (κ3) is 5.65. The van der Waals surface area contributed by atoms with Crippen molar-refractivity contribution in [2.45, 2.75) is 72.8 Å². The van der Waals surface area contributed by atoms with Gasteiger partial charge in [-0.1, -0.05) is 0 Å². The lowest BCUT2D eigenvalue weighted by Gasteiger charge is -2.31. The van der Waals surface area contributed by atoms with Gasteiger partial charge in [0.15, 0.2) is 0 Å². The van der Waals surface area contributed by atoms with E-state index in [0.29, 0.717) is 6.04 Å². The molecule has 7 nitrogen and oxygen atoms in total. The summed E-state index contributed by atoms with van der Waals surface area (Å²) in [5.41, 5.74) is 17.2. The monoisotopic (exact) mass is 361 g/mol. The zero-order valence-electron chi connectivity index (χ0n) is 17.1. The van der Waals surface area contributed by atoms with Crippen molar-refractivity contribution in [1.29, 1.82) is 0 Å². The Morgan fingerprint density at radius 3 is 1.50 bits per heavy atom. The minimum Gasteiger partial charge on any atom is -0.325 e. The van der Waals surface area contributed by atoms with E-state index in [1.807, 2.05) is 23.2 Å². The Kier molecular flexibility index (Phi) is 6.97. The molecule has 0 saturated carbocycles. The van der Waals surface area contributed by atoms with E-state index in [2.05, 4.69) is 54.9 Å². The van der Waals surface area contributed by atoms with Gasteiger partial charge in [0.1, 0.15) is 0 Å². The summed E-state index contributed by atoms with van der Waals surface area (Å²) in [7, 11) is 0. The highest BCUT2D eigenvalue weighted by Gasteiger charge is 2.19. The lowest BCUT2D eigenvalue weighted by atomic mass is 10.2. The van der Waals surface area contributed by atoms with E-state index >= 15 is 0 Å². The summed E-state index contributed by atoms with van der Waals surface area (Å²) in [6.07, 6.45) is 0. The van der Waals surface area contributed by atoms with Crippen molar-refractivity contribution in [2.24, 2.45) is 11.5 Å². The molecule has 2 rings (SSSR count). The molecule has 0 bridgehead atoms. The van der Waals surface area contributed by atoms with Crippen molar-refractivity contribution in [3.63, 3.8) is 0 Å². The zero-order valence-corrected chi connectivity index (χ0v) is 17.1. The molecule has 2 unspecified atom stereocenters. The molecule has 2 aromatic rings. The van der Waals surface area contributed by atoms with Crippen molar-refractivity contribution in [3.8, 4) is 0 Å². The van der Waals surface area contributed by atoms with Gasteiger partial charge in [-0.15, -0.1) is 0 Å². The molecule has 0 aliphatic heterocycles. The molecule has 0 fully saturated rings. The molecular formula is C19H35N7. The first-order valence-corrected chi connectivity index (χ1v) is 9.43. The fourth-order valence-corrected chi connectivity index (χ4v) is 3.38. The molecular weight excluding hydrogens is 326 g/mol. The van der Waals surface area contributed by atoms with Crippen LogP contribution in [0.15, 0.2) is 12.1 Å². The molecule has 0 aliphatic carbocycles. The first kappa shape index (κ1) is 20.6. The van der Waals surface area contributed by atoms with E-state index in [4.69, 9.17) is 11.5 Å². The molecule has 7 heteroatoms. The Hall–Kier alpha value is -1.70. The number of nitrogens with two attached hydrogens (primary N) is 2. The van der Waals surface area contributed by atoms with Crippen LogP contribution in [0, 0.1) is 27.7 Å². The minimum atomic E-state index is 0.0104. The molecule has 4 N–H and O–H groups in total. The molecule has 0 spiro atoms. The molecule has 2 heterocycles. The van der Waals surface area contributed by atoms with E-state index in [1.54, 1.807) is 0 Å². The van der Waals surface area contributed by atoms with Gasteiger partial charge in [0, 0.05) is 42.6 Å². The molecule has 0 amide bonds. The lowest BCUT2D eigenvalue weighted by Crippen LogP contribution is -2.49. The second-order valence-electron chi connectivity index (χ2n) is 7.79. The standard InChI is InChI=1S/C19H35N7/c1-13(2)24(9-18(20)11-25-16(5)7-14(3)22-25)10-19(21)12-26-17(6)8-15(4)23-26/h7-8,13,18-19H,9-12,20-21H2,1-6H3. The Morgan fingerprint density at radius 1 is 0.846 bits per heavy atom. The van der Waals surface area contributed by atoms with Crippen LogP contribution in [0.1, 0.15) is 36.6 Å². The molecule has 2 aromatic heterocycles. The topological polar surface area (TPSA) is 90.9 Å². The van der Waals surface area contributed by atoms with Crippen LogP contribution in [0.3, 0.4) is 0 Å². The smallest absolute Gasteiger partial charge is 0.0596 e. The third-order valence-electron chi connectivity index (χ3n) is 4.69. The number of rotatable bonds is 9. The first-order chi connectivity index (χ1) is 12.2. The quantitative estimate of drug-likeness (QED) is 0.704. The van der Waals surface area contributed by atoms with Crippen molar-refractivity contribution >= 4 is 0 Å². The highest BCUT2D eigenvalue weighted by Crippen LogP contribution is 2.07. The fraction of sp³-hybridized carbons (Fsp3) is 0.684. The Morgan fingerprint density at radius 2 is 1.23 bits per heavy atom. The first-order valence-electron chi connectivity index (χ1n) is 9.43. The van der Waals surface area contributed by atoms with Crippen LogP contribution >= 0.6 is 0 Å². The van der Waals surface area contributed by atoms with Crippen LogP contribution in [0.25, 0.3) is 0 Å². The third-order valence-corrected chi connectivity index (χ3v) is 4.69. The normalized spacial score (nSPS) is 14.4. The molecule has 0 aliphatic rings. The highest BCUT2D eigenvalue weighted by atomic mass is 15.3. The number of hydrogen-bond acceptors (Lipinski definition) is 5. The average molecular weight is 362 g/mol. The van der Waals surface area contributed by atoms with E-state index in [1.165, 1.54) is 0 Å². The molecule has 146 valence electrons. The van der Waals surface area contributed by atoms with Crippen LogP contribution < -0.4 is 11.5 Å². The summed E-state index contributed by atoms with van der Waals surface area (Å²) < 4.78 is 3.99. The van der Waals surface area contributed by atoms with Gasteiger partial charge in [-0.25, -0.2) is 0 Å². The van der Waals surface area contributed by atoms with Gasteiger partial charge in [0.2, 0.25) is 0 Å². The molecule has 0 aromatic carbocycles. The fourth-order valence-electron chi connectivity index (χ4n) is 3.38. The molecule has 0 saturated heterocycles. The maximum Gasteiger partial charge on any atom is 0.0596 e. The van der Waals surface area contributed by atoms with Crippen molar-refractivity contribution < 1.29 is 0 Å². The van der Waals surface area contributed by atoms with Crippen LogP contribution in [0.5, 0.6) is 0 Å². The van der Waals surface area contributed by atoms with Gasteiger partial charge in [-0.3, -0.25) is 14.3 Å². The summed E-state index contributed by atoms with van der Waals surface area (Å²) in [6.45, 7) is 15.5. The van der Waals surface area contributed by atoms with Crippen LogP contribution in [-0.2, 0) is 13.1 Å². The van der Waals surface area contributed by atoms with Gasteiger partial charge in [-0.2, -0.15) is 10.2 Å². The van der Waals surface area contributed by atoms with Crippen molar-refractivity contribution in [2.75, 3.05) is 13.1 Å². The van der Waals surface area contributed by atoms with Crippen LogP contribution in [-0.4, -0.2) is 55.7 Å². The minimum absolute atomic E-state index is 0.0104. The predicted octanol–water partition coefficient (Wildman–Crippen LogP) is 1.38. The Bertz CT molecular complexity index is 645. The number of hydrogen-bond donors (Lipinski definition) is 2. The van der Waals surface area contributed by atoms with Crippen molar-refractivity contribution in [1.82, 2.24) is 24.5 Å². The van der Waals surface area contributed by atoms with Crippen LogP contribution in [0.4, 0.5) is 0 Å². The zero-order chi connectivity index (χ0) is 19.4. The second-order valence-corrected chi connectivity index (χ2v) is 7.79. The van der Waals surface area contributed by atoms with Crippen LogP contribution in [0.2, 0.25) is 0 Å². The summed E-state index contributed by atoms with van der Waals surface area (Å²) in [5, 5.41) is 9.03. The van der Waals surface area contributed by atoms with E-state index in [0.717, 1.165) is 49.0 Å². The van der Waals surface area contributed by atoms with Gasteiger partial charge in [-0.05, 0) is 53.7 Å². The summed E-state index contributed by atoms with van der Waals surface area (Å²) in [5.74, 6) is 0. The second kappa shape index (κ2) is 8.79. The van der Waals surface area contributed by atoms with Crippen molar-refractivity contribution in [3.05, 3.63) is 34.9 Å². The average Bonchev–Trinajstić information content (AvgIpc) is 2.99. The predicted molar refractivity (Wildman–Crippen MR) is 106 cm³/mol. The summed E-state index contributed by atoms with van der Waals surface area (Å²) in [6, 6.07) is 4.56. The Labute approximate surface area is 157 Å². The highest BCUT2D eigenvalue weighted by molar-refractivity contribution is 5.07. The largest absolute Gasteiger partial charge is 0.325 e. The number of aromatic nitrogens is 4. The maximum atomic E-state index is 6.42.